The number of hydrogen-bond acceptors (Lipinski definition) is 43. The van der Waals surface area contributed by atoms with Gasteiger partial charge in [0.2, 0.25) is 5.88 Å². The van der Waals surface area contributed by atoms with Crippen LogP contribution in [0.1, 0.15) is 32.1 Å². The highest BCUT2D eigenvalue weighted by atomic mass is 16.8. The van der Waals surface area contributed by atoms with Crippen molar-refractivity contribution in [2.45, 2.75) is 235 Å². The minimum atomic E-state index is -2.85. The molecule has 0 bridgehead atoms. The van der Waals surface area contributed by atoms with Gasteiger partial charge in [0.05, 0.1) is 38.6 Å². The van der Waals surface area contributed by atoms with Crippen LogP contribution in [-0.4, -0.2) is 416 Å². The van der Waals surface area contributed by atoms with E-state index in [-0.39, 0.29) is 0 Å². The van der Waals surface area contributed by atoms with Crippen LogP contribution >= 0.6 is 0 Å². The van der Waals surface area contributed by atoms with Gasteiger partial charge in [0, 0.05) is 69.4 Å². The molecule has 0 amide bonds. The van der Waals surface area contributed by atoms with Crippen LogP contribution < -0.4 is 0 Å². The van der Waals surface area contributed by atoms with Crippen molar-refractivity contribution < 1.29 is 210 Å². The predicted molar refractivity (Wildman–Crippen MR) is 305 cm³/mol. The SMILES string of the molecule is [N-]=[N+]=N/C(O)=C(/O)[C@@H](CCO)O[C@@H]1OC(CO[C@H]2OC(CO[C@H]3OC(CO)[C@@H](O)C(O)C3O[C@H]3OC(CO)[C@@H](O)C(O)C3O)[C@@H](O)C(O[C@@H](O)C(O[C@@H](O)/C=C(\O)[C@H](O)CCO)C(O)[C@H](O)CCO)C2O)[C@@H](O)C(OC(O)C(O[C@@H](O)/C=C(\O)[C@H](O)CCO)C(O)[C@H](O)CCO)C1O. The van der Waals surface area contributed by atoms with Crippen molar-refractivity contribution in [1.29, 1.82) is 0 Å². The first-order valence-corrected chi connectivity index (χ1v) is 30.3. The molecular formula is C53H93N3O42. The Bertz CT molecular complexity index is 2420. The quantitative estimate of drug-likeness (QED) is 0.00887. The van der Waals surface area contributed by atoms with E-state index in [2.05, 4.69) is 10.0 Å². The Balaban J connectivity index is 1.85. The average Bonchev–Trinajstić information content (AvgIpc) is 0.792. The fourth-order valence-corrected chi connectivity index (χ4v) is 10.1. The summed E-state index contributed by atoms with van der Waals surface area (Å²) in [4.78, 5) is 2.30. The molecule has 0 aromatic heterocycles. The summed E-state index contributed by atoms with van der Waals surface area (Å²) in [6.07, 6.45) is -77.4. The van der Waals surface area contributed by atoms with Gasteiger partial charge in [-0.05, 0) is 23.5 Å². The molecule has 0 radical (unpaired) electrons. The molecule has 45 nitrogen and oxygen atoms in total. The number of azide groups is 1. The van der Waals surface area contributed by atoms with Crippen molar-refractivity contribution in [1.82, 2.24) is 0 Å². The Morgan fingerprint density at radius 2 is 0.827 bits per heavy atom. The smallest absolute Gasteiger partial charge is 0.221 e. The van der Waals surface area contributed by atoms with Gasteiger partial charge in [-0.2, -0.15) is 0 Å². The van der Waals surface area contributed by atoms with Crippen molar-refractivity contribution in [3.05, 3.63) is 45.8 Å². The van der Waals surface area contributed by atoms with Gasteiger partial charge in [-0.25, -0.2) is 0 Å². The number of rotatable bonds is 42. The molecule has 4 saturated heterocycles. The van der Waals surface area contributed by atoms with Crippen molar-refractivity contribution in [3.63, 3.8) is 0 Å². The van der Waals surface area contributed by atoms with Gasteiger partial charge in [-0.1, -0.05) is 0 Å². The average molecular weight is 1440 g/mol. The maximum absolute atomic E-state index is 12.0. The summed E-state index contributed by atoms with van der Waals surface area (Å²) in [6.45, 7) is -8.58. The lowest BCUT2D eigenvalue weighted by molar-refractivity contribution is -0.378. The zero-order valence-corrected chi connectivity index (χ0v) is 51.8. The normalized spacial score (nSPS) is 35.7. The van der Waals surface area contributed by atoms with Crippen LogP contribution in [0.25, 0.3) is 10.4 Å². The van der Waals surface area contributed by atoms with E-state index in [0.29, 0.717) is 12.2 Å². The zero-order valence-electron chi connectivity index (χ0n) is 51.8. The van der Waals surface area contributed by atoms with Gasteiger partial charge in [0.25, 0.3) is 0 Å². The molecule has 0 aromatic carbocycles. The molecule has 17 unspecified atom stereocenters. The van der Waals surface area contributed by atoms with Crippen LogP contribution in [0, 0.1) is 0 Å². The highest BCUT2D eigenvalue weighted by Crippen LogP contribution is 2.35. The Morgan fingerprint density at radius 3 is 1.26 bits per heavy atom. The van der Waals surface area contributed by atoms with Crippen LogP contribution in [0.4, 0.5) is 0 Å². The highest BCUT2D eigenvalue weighted by molar-refractivity contribution is 5.06. The second kappa shape index (κ2) is 42.1. The van der Waals surface area contributed by atoms with E-state index in [1.54, 1.807) is 0 Å². The van der Waals surface area contributed by atoms with Gasteiger partial charge < -0.3 is 210 Å². The summed E-state index contributed by atoms with van der Waals surface area (Å²) in [5.41, 5.74) is 8.92. The number of aliphatic hydroxyl groups is 30. The van der Waals surface area contributed by atoms with Gasteiger partial charge in [-0.3, -0.25) is 0 Å². The molecule has 30 N–H and O–H groups in total. The summed E-state index contributed by atoms with van der Waals surface area (Å²) in [7, 11) is 0. The third-order valence-corrected chi connectivity index (χ3v) is 15.6. The van der Waals surface area contributed by atoms with Gasteiger partial charge in [0.15, 0.2) is 56.1 Å². The Labute approximate surface area is 554 Å². The van der Waals surface area contributed by atoms with E-state index in [4.69, 9.17) is 62.4 Å². The van der Waals surface area contributed by atoms with Gasteiger partial charge in [0.1, 0.15) is 152 Å². The molecule has 0 aromatic rings. The molecule has 572 valence electrons. The maximum atomic E-state index is 12.0. The van der Waals surface area contributed by atoms with Crippen molar-refractivity contribution in [3.8, 4) is 0 Å². The van der Waals surface area contributed by atoms with E-state index >= 15 is 0 Å². The molecule has 45 heteroatoms. The molecule has 98 heavy (non-hydrogen) atoms. The lowest BCUT2D eigenvalue weighted by Crippen LogP contribution is -2.66. The lowest BCUT2D eigenvalue weighted by atomic mass is 9.96. The number of hydrogen-bond donors (Lipinski definition) is 30. The molecular weight excluding hydrogens is 1350 g/mol. The third-order valence-electron chi connectivity index (χ3n) is 15.6. The summed E-state index contributed by atoms with van der Waals surface area (Å²) in [6, 6.07) is 0. The summed E-state index contributed by atoms with van der Waals surface area (Å²) < 4.78 is 67.3. The standard InChI is InChI=1S/C53H93N3O42/c54-56-55-47(84)36(78)23(5-10-61)89-52-41(83)43(97-49(86)45(31(73)20(67)4-9-60)95-29(71)12-22(69)18(65)2-7-58)35(77)27(93-52)15-87-50-40(82)42(96-48(85)44(30(72)19(66)3-8-59)94-28(70)11-21(68)17(64)1-6-57)34(76)26(92-50)16-88-53-46(38(80)33(75)25(14-63)91-53)98-51-39(81)37(79)32(74)24(13-62)90-51/h11-12,17-20,23-35,37-46,48-53,57-86H,1-10,13-16H2/b21-11-,22-12-,47-36-/t17-,18-,19-,20-,23-,24?,25?,26?,27?,28-,29-,30?,31?,32-,33-,34-,35-,37?,38?,39?,40?,41?,42?,43?,44?,45?,46?,48-,49?,50+,51-,52-,53+/m1/s1. The maximum Gasteiger partial charge on any atom is 0.221 e. The topological polar surface area (TPSA) is 766 Å². The molecule has 4 aliphatic rings. The molecule has 4 heterocycles. The molecule has 4 aliphatic heterocycles. The van der Waals surface area contributed by atoms with Gasteiger partial charge >= 0.3 is 0 Å². The molecule has 0 saturated carbocycles. The van der Waals surface area contributed by atoms with Crippen LogP contribution in [0.2, 0.25) is 0 Å². The lowest BCUT2D eigenvalue weighted by Gasteiger charge is -2.47. The molecule has 0 spiro atoms. The first-order valence-electron chi connectivity index (χ1n) is 30.3. The van der Waals surface area contributed by atoms with E-state index < -0.39 is 318 Å². The summed E-state index contributed by atoms with van der Waals surface area (Å²) in [5.74, 6) is -4.93. The fraction of sp³-hybridized carbons (Fsp3) is 0.887. The minimum absolute atomic E-state index is 0.385. The first kappa shape index (κ1) is 86.6. The first-order chi connectivity index (χ1) is 46.3. The van der Waals surface area contributed by atoms with Crippen LogP contribution in [0.3, 0.4) is 0 Å². The predicted octanol–water partition coefficient (Wildman–Crippen LogP) is -13.7. The minimum Gasteiger partial charge on any atom is -0.510 e. The van der Waals surface area contributed by atoms with Crippen LogP contribution in [0.15, 0.2) is 40.4 Å². The molecule has 4 fully saturated rings. The molecule has 4 rings (SSSR count). The fourth-order valence-electron chi connectivity index (χ4n) is 10.1. The molecule has 0 aliphatic carbocycles. The number of nitrogens with zero attached hydrogens (tertiary/aromatic N) is 3. The largest absolute Gasteiger partial charge is 0.510 e. The van der Waals surface area contributed by atoms with Crippen LogP contribution in [0.5, 0.6) is 0 Å². The highest BCUT2D eigenvalue weighted by Gasteiger charge is 2.55. The molecule has 33 atom stereocenters. The zero-order chi connectivity index (χ0) is 73.6. The third kappa shape index (κ3) is 23.6. The van der Waals surface area contributed by atoms with Crippen molar-refractivity contribution in [2.75, 3.05) is 59.5 Å². The second-order valence-corrected chi connectivity index (χ2v) is 22.6. The van der Waals surface area contributed by atoms with Gasteiger partial charge in [-0.15, -0.1) is 0 Å². The Kier molecular flexibility index (Phi) is 37.2. The van der Waals surface area contributed by atoms with E-state index in [1.165, 1.54) is 0 Å². The number of ether oxygens (including phenoxy) is 12. The second-order valence-electron chi connectivity index (χ2n) is 22.6. The Morgan fingerprint density at radius 1 is 0.429 bits per heavy atom. The van der Waals surface area contributed by atoms with Crippen molar-refractivity contribution in [2.24, 2.45) is 5.11 Å². The summed E-state index contributed by atoms with van der Waals surface area (Å²) >= 11 is 0. The van der Waals surface area contributed by atoms with E-state index in [0.717, 1.165) is 0 Å². The van der Waals surface area contributed by atoms with E-state index in [1.807, 2.05) is 0 Å². The van der Waals surface area contributed by atoms with Crippen LogP contribution in [-0.2, 0) is 56.8 Å². The van der Waals surface area contributed by atoms with E-state index in [9.17, 15) is 153 Å². The van der Waals surface area contributed by atoms with Crippen molar-refractivity contribution >= 4 is 0 Å². The summed E-state index contributed by atoms with van der Waals surface area (Å²) in [5, 5.41) is 322. The number of aliphatic hydroxyl groups excluding tert-OH is 30. The monoisotopic (exact) mass is 1440 g/mol. The Hall–Kier alpha value is -3.79.